The van der Waals surface area contributed by atoms with Gasteiger partial charge in [0, 0.05) is 31.4 Å². The van der Waals surface area contributed by atoms with Crippen molar-refractivity contribution in [3.63, 3.8) is 0 Å². The van der Waals surface area contributed by atoms with Crippen molar-refractivity contribution in [1.29, 1.82) is 0 Å². The summed E-state index contributed by atoms with van der Waals surface area (Å²) in [6.07, 6.45) is 0.753. The number of carbonyl (C=O) groups is 1. The summed E-state index contributed by atoms with van der Waals surface area (Å²) < 4.78 is 4.25. The number of aryl methyl sites for hydroxylation is 1. The first-order valence-electron chi connectivity index (χ1n) is 9.34. The largest absolute Gasteiger partial charge is 0.351 e. The summed E-state index contributed by atoms with van der Waals surface area (Å²) in [4.78, 5) is 15.0. The molecule has 0 N–H and O–H groups in total. The van der Waals surface area contributed by atoms with Gasteiger partial charge in [0.15, 0.2) is 5.82 Å². The Morgan fingerprint density at radius 2 is 1.93 bits per heavy atom. The van der Waals surface area contributed by atoms with Crippen LogP contribution in [0.2, 0.25) is 0 Å². The van der Waals surface area contributed by atoms with Gasteiger partial charge in [-0.05, 0) is 32.4 Å². The molecule has 4 rings (SSSR count). The fourth-order valence-corrected chi connectivity index (χ4v) is 3.91. The Kier molecular flexibility index (Phi) is 4.34. The van der Waals surface area contributed by atoms with Crippen molar-refractivity contribution in [2.75, 3.05) is 6.54 Å². The van der Waals surface area contributed by atoms with E-state index >= 15 is 0 Å². The van der Waals surface area contributed by atoms with E-state index < -0.39 is 0 Å². The van der Waals surface area contributed by atoms with Crippen LogP contribution in [-0.2, 0) is 20.0 Å². The van der Waals surface area contributed by atoms with Gasteiger partial charge in [0.2, 0.25) is 0 Å². The molecule has 1 aromatic carbocycles. The Bertz CT molecular complexity index is 986. The summed E-state index contributed by atoms with van der Waals surface area (Å²) in [5, 5.41) is 8.81. The lowest BCUT2D eigenvalue weighted by molar-refractivity contribution is 0.0679. The third kappa shape index (κ3) is 3.05. The van der Waals surface area contributed by atoms with E-state index in [1.807, 2.05) is 50.1 Å². The fraction of sp³-hybridized carbons (Fsp3) is 0.381. The summed E-state index contributed by atoms with van der Waals surface area (Å²) in [7, 11) is 1.99. The number of nitrogens with zero attached hydrogens (tertiary/aromatic N) is 5. The molecule has 27 heavy (non-hydrogen) atoms. The average Bonchev–Trinajstić information content (AvgIpc) is 3.18. The van der Waals surface area contributed by atoms with Gasteiger partial charge in [-0.25, -0.2) is 0 Å². The molecule has 0 spiro atoms. The number of benzene rings is 1. The van der Waals surface area contributed by atoms with Crippen LogP contribution in [0.25, 0.3) is 0 Å². The van der Waals surface area contributed by atoms with Crippen LogP contribution in [0, 0.1) is 13.8 Å². The molecule has 0 saturated carbocycles. The zero-order valence-electron chi connectivity index (χ0n) is 16.3. The zero-order chi connectivity index (χ0) is 19.1. The Morgan fingerprint density at radius 3 is 2.59 bits per heavy atom. The van der Waals surface area contributed by atoms with E-state index in [4.69, 9.17) is 0 Å². The van der Waals surface area contributed by atoms with Crippen molar-refractivity contribution in [3.8, 4) is 0 Å². The highest BCUT2D eigenvalue weighted by molar-refractivity contribution is 5.95. The van der Waals surface area contributed by atoms with Gasteiger partial charge in [0.1, 0.15) is 5.82 Å². The van der Waals surface area contributed by atoms with Crippen LogP contribution in [0.3, 0.4) is 0 Å². The van der Waals surface area contributed by atoms with Crippen LogP contribution in [0.5, 0.6) is 0 Å². The standard InChI is InChI=1S/C21H25N5O/c1-14-10-18(16(3)24(14)4)21(27)25-12-15(2)26-19(22-23-20(26)13-25)11-17-8-6-5-7-9-17/h5-10,15H,11-13H2,1-4H3/t15-/m0/s1. The molecule has 0 unspecified atom stereocenters. The van der Waals surface area contributed by atoms with E-state index in [2.05, 4.69) is 38.4 Å². The quantitative estimate of drug-likeness (QED) is 0.719. The third-order valence-electron chi connectivity index (χ3n) is 5.59. The summed E-state index contributed by atoms with van der Waals surface area (Å²) in [6.45, 7) is 7.31. The molecule has 2 aromatic heterocycles. The van der Waals surface area contributed by atoms with Crippen molar-refractivity contribution in [2.24, 2.45) is 7.05 Å². The molecule has 6 nitrogen and oxygen atoms in total. The van der Waals surface area contributed by atoms with Crippen molar-refractivity contribution < 1.29 is 4.79 Å². The van der Waals surface area contributed by atoms with Gasteiger partial charge in [-0.3, -0.25) is 4.79 Å². The van der Waals surface area contributed by atoms with E-state index in [9.17, 15) is 4.79 Å². The number of amides is 1. The summed E-state index contributed by atoms with van der Waals surface area (Å²) in [5.74, 6) is 1.89. The Balaban J connectivity index is 1.59. The van der Waals surface area contributed by atoms with Crippen LogP contribution in [-0.4, -0.2) is 36.7 Å². The van der Waals surface area contributed by atoms with Gasteiger partial charge in [-0.1, -0.05) is 30.3 Å². The van der Waals surface area contributed by atoms with Crippen LogP contribution >= 0.6 is 0 Å². The molecule has 1 aliphatic rings. The number of rotatable bonds is 3. The Hall–Kier alpha value is -2.89. The summed E-state index contributed by atoms with van der Waals surface area (Å²) >= 11 is 0. The molecule has 140 valence electrons. The van der Waals surface area contributed by atoms with Crippen LogP contribution in [0.1, 0.15) is 51.9 Å². The van der Waals surface area contributed by atoms with Gasteiger partial charge in [-0.2, -0.15) is 0 Å². The predicted molar refractivity (Wildman–Crippen MR) is 104 cm³/mol. The minimum Gasteiger partial charge on any atom is -0.351 e. The highest BCUT2D eigenvalue weighted by Gasteiger charge is 2.30. The van der Waals surface area contributed by atoms with E-state index in [0.29, 0.717) is 13.1 Å². The number of hydrogen-bond donors (Lipinski definition) is 0. The first-order valence-corrected chi connectivity index (χ1v) is 9.34. The van der Waals surface area contributed by atoms with Gasteiger partial charge in [-0.15, -0.1) is 10.2 Å². The van der Waals surface area contributed by atoms with Crippen LogP contribution < -0.4 is 0 Å². The van der Waals surface area contributed by atoms with Crippen molar-refractivity contribution >= 4 is 5.91 Å². The number of fused-ring (bicyclic) bond motifs is 1. The Labute approximate surface area is 159 Å². The molecule has 0 radical (unpaired) electrons. The second-order valence-corrected chi connectivity index (χ2v) is 7.44. The zero-order valence-corrected chi connectivity index (χ0v) is 16.3. The van der Waals surface area contributed by atoms with Gasteiger partial charge in [0.05, 0.1) is 18.2 Å². The maximum Gasteiger partial charge on any atom is 0.256 e. The minimum atomic E-state index is 0.0712. The molecule has 6 heteroatoms. The smallest absolute Gasteiger partial charge is 0.256 e. The van der Waals surface area contributed by atoms with Crippen molar-refractivity contribution in [1.82, 2.24) is 24.2 Å². The summed E-state index contributed by atoms with van der Waals surface area (Å²) in [6, 6.07) is 12.4. The van der Waals surface area contributed by atoms with E-state index in [1.165, 1.54) is 5.56 Å². The molecule has 3 aromatic rings. The monoisotopic (exact) mass is 363 g/mol. The number of hydrogen-bond acceptors (Lipinski definition) is 3. The minimum absolute atomic E-state index is 0.0712. The lowest BCUT2D eigenvalue weighted by Gasteiger charge is -2.32. The average molecular weight is 363 g/mol. The van der Waals surface area contributed by atoms with E-state index in [1.54, 1.807) is 0 Å². The van der Waals surface area contributed by atoms with Gasteiger partial charge in [0.25, 0.3) is 5.91 Å². The molecule has 0 aliphatic carbocycles. The maximum atomic E-state index is 13.1. The van der Waals surface area contributed by atoms with Crippen molar-refractivity contribution in [3.05, 3.63) is 70.6 Å². The summed E-state index contributed by atoms with van der Waals surface area (Å²) in [5.41, 5.74) is 4.09. The van der Waals surface area contributed by atoms with Crippen LogP contribution in [0.15, 0.2) is 36.4 Å². The van der Waals surface area contributed by atoms with Gasteiger partial charge < -0.3 is 14.0 Å². The third-order valence-corrected chi connectivity index (χ3v) is 5.59. The van der Waals surface area contributed by atoms with E-state index in [0.717, 1.165) is 35.0 Å². The van der Waals surface area contributed by atoms with E-state index in [-0.39, 0.29) is 11.9 Å². The molecule has 0 bridgehead atoms. The molecular weight excluding hydrogens is 338 g/mol. The Morgan fingerprint density at radius 1 is 1.19 bits per heavy atom. The lowest BCUT2D eigenvalue weighted by atomic mass is 10.1. The second kappa shape index (κ2) is 6.68. The normalized spacial score (nSPS) is 16.4. The SMILES string of the molecule is Cc1cc(C(=O)N2Cc3nnc(Cc4ccccc4)n3[C@@H](C)C2)c(C)n1C. The predicted octanol–water partition coefficient (Wildman–Crippen LogP) is 3.04. The lowest BCUT2D eigenvalue weighted by Crippen LogP contribution is -2.41. The molecule has 0 saturated heterocycles. The highest BCUT2D eigenvalue weighted by atomic mass is 16.2. The molecule has 1 aliphatic heterocycles. The van der Waals surface area contributed by atoms with Crippen molar-refractivity contribution in [2.45, 2.75) is 39.8 Å². The maximum absolute atomic E-state index is 13.1. The highest BCUT2D eigenvalue weighted by Crippen LogP contribution is 2.25. The second-order valence-electron chi connectivity index (χ2n) is 7.44. The fourth-order valence-electron chi connectivity index (χ4n) is 3.91. The topological polar surface area (TPSA) is 56.0 Å². The molecule has 1 atom stereocenters. The first kappa shape index (κ1) is 17.5. The molecular formula is C21H25N5O. The molecule has 1 amide bonds. The first-order chi connectivity index (χ1) is 13.0. The molecule has 3 heterocycles. The van der Waals surface area contributed by atoms with Gasteiger partial charge >= 0.3 is 0 Å². The molecule has 0 fully saturated rings. The number of carbonyl (C=O) groups excluding carboxylic acids is 1. The number of aromatic nitrogens is 4. The van der Waals surface area contributed by atoms with Crippen LogP contribution in [0.4, 0.5) is 0 Å².